The SMILES string of the molecule is Cc1nc(C2CSCCO2)nc(NN)c1C. The first-order chi connectivity index (χ1) is 7.72. The van der Waals surface area contributed by atoms with E-state index < -0.39 is 0 Å². The molecule has 2 rings (SSSR count). The van der Waals surface area contributed by atoms with Crippen molar-refractivity contribution in [2.24, 2.45) is 5.84 Å². The highest BCUT2D eigenvalue weighted by atomic mass is 32.2. The van der Waals surface area contributed by atoms with Gasteiger partial charge < -0.3 is 10.2 Å². The van der Waals surface area contributed by atoms with Gasteiger partial charge in [0.15, 0.2) is 5.82 Å². The van der Waals surface area contributed by atoms with E-state index in [0.717, 1.165) is 35.2 Å². The lowest BCUT2D eigenvalue weighted by Gasteiger charge is -2.22. The van der Waals surface area contributed by atoms with Gasteiger partial charge in [-0.1, -0.05) is 0 Å². The fourth-order valence-electron chi connectivity index (χ4n) is 1.57. The minimum absolute atomic E-state index is 0.00912. The molecule has 5 nitrogen and oxygen atoms in total. The maximum absolute atomic E-state index is 5.64. The van der Waals surface area contributed by atoms with E-state index in [2.05, 4.69) is 15.4 Å². The molecule has 1 fully saturated rings. The number of hydrogen-bond acceptors (Lipinski definition) is 6. The Morgan fingerprint density at radius 1 is 1.44 bits per heavy atom. The van der Waals surface area contributed by atoms with E-state index in [9.17, 15) is 0 Å². The van der Waals surface area contributed by atoms with Gasteiger partial charge in [0.05, 0.1) is 6.61 Å². The normalized spacial score (nSPS) is 20.8. The highest BCUT2D eigenvalue weighted by Gasteiger charge is 2.20. The lowest BCUT2D eigenvalue weighted by molar-refractivity contribution is 0.0694. The van der Waals surface area contributed by atoms with Gasteiger partial charge >= 0.3 is 0 Å². The van der Waals surface area contributed by atoms with Gasteiger partial charge in [-0.25, -0.2) is 15.8 Å². The molecule has 0 saturated carbocycles. The standard InChI is InChI=1S/C10H16N4OS/c1-6-7(2)12-10(13-9(6)14-11)8-5-16-4-3-15-8/h8H,3-5,11H2,1-2H3,(H,12,13,14). The van der Waals surface area contributed by atoms with Gasteiger partial charge in [0.2, 0.25) is 0 Å². The molecule has 1 aromatic heterocycles. The monoisotopic (exact) mass is 240 g/mol. The summed E-state index contributed by atoms with van der Waals surface area (Å²) in [5.74, 6) is 8.79. The molecule has 0 bridgehead atoms. The number of nitrogens with two attached hydrogens (primary N) is 1. The fourth-order valence-corrected chi connectivity index (χ4v) is 2.41. The largest absolute Gasteiger partial charge is 0.368 e. The maximum Gasteiger partial charge on any atom is 0.160 e. The molecule has 1 atom stereocenters. The number of ether oxygens (including phenoxy) is 1. The van der Waals surface area contributed by atoms with Gasteiger partial charge in [-0.05, 0) is 13.8 Å². The van der Waals surface area contributed by atoms with Crippen molar-refractivity contribution in [2.45, 2.75) is 20.0 Å². The summed E-state index contributed by atoms with van der Waals surface area (Å²) >= 11 is 1.86. The Morgan fingerprint density at radius 3 is 2.88 bits per heavy atom. The first-order valence-corrected chi connectivity index (χ1v) is 6.39. The second-order valence-corrected chi connectivity index (χ2v) is 4.87. The molecule has 1 aliphatic heterocycles. The van der Waals surface area contributed by atoms with Crippen molar-refractivity contribution < 1.29 is 4.74 Å². The molecular formula is C10H16N4OS. The molecule has 0 radical (unpaired) electrons. The molecule has 3 N–H and O–H groups in total. The summed E-state index contributed by atoms with van der Waals surface area (Å²) in [7, 11) is 0. The quantitative estimate of drug-likeness (QED) is 0.597. The molecule has 16 heavy (non-hydrogen) atoms. The number of nitrogens with zero attached hydrogens (tertiary/aromatic N) is 2. The van der Waals surface area contributed by atoms with Gasteiger partial charge in [0.1, 0.15) is 11.9 Å². The number of anilines is 1. The third-order valence-corrected chi connectivity index (χ3v) is 3.64. The highest BCUT2D eigenvalue weighted by Crippen LogP contribution is 2.26. The van der Waals surface area contributed by atoms with Crippen LogP contribution in [0.2, 0.25) is 0 Å². The minimum atomic E-state index is -0.00912. The zero-order chi connectivity index (χ0) is 11.5. The number of hydrogen-bond donors (Lipinski definition) is 2. The molecule has 1 saturated heterocycles. The van der Waals surface area contributed by atoms with Crippen LogP contribution in [-0.4, -0.2) is 28.1 Å². The van der Waals surface area contributed by atoms with Crippen LogP contribution in [0.5, 0.6) is 0 Å². The van der Waals surface area contributed by atoms with Gasteiger partial charge in [-0.2, -0.15) is 11.8 Å². The summed E-state index contributed by atoms with van der Waals surface area (Å²) in [5, 5.41) is 0. The molecule has 0 spiro atoms. The summed E-state index contributed by atoms with van der Waals surface area (Å²) in [4.78, 5) is 8.85. The van der Waals surface area contributed by atoms with E-state index in [1.807, 2.05) is 25.6 Å². The predicted molar refractivity (Wildman–Crippen MR) is 65.3 cm³/mol. The first-order valence-electron chi connectivity index (χ1n) is 5.23. The van der Waals surface area contributed by atoms with Crippen LogP contribution in [0.25, 0.3) is 0 Å². The molecule has 6 heteroatoms. The summed E-state index contributed by atoms with van der Waals surface area (Å²) < 4.78 is 5.64. The fraction of sp³-hybridized carbons (Fsp3) is 0.600. The zero-order valence-electron chi connectivity index (χ0n) is 9.49. The molecule has 1 unspecified atom stereocenters. The minimum Gasteiger partial charge on any atom is -0.368 e. The average molecular weight is 240 g/mol. The van der Waals surface area contributed by atoms with E-state index in [0.29, 0.717) is 5.82 Å². The second-order valence-electron chi connectivity index (χ2n) is 3.72. The van der Waals surface area contributed by atoms with Crippen molar-refractivity contribution in [1.82, 2.24) is 9.97 Å². The third-order valence-electron chi connectivity index (χ3n) is 2.65. The Kier molecular flexibility index (Phi) is 3.63. The van der Waals surface area contributed by atoms with Crippen molar-refractivity contribution in [3.8, 4) is 0 Å². The first kappa shape index (κ1) is 11.6. The average Bonchev–Trinajstić information content (AvgIpc) is 2.33. The van der Waals surface area contributed by atoms with Gasteiger partial charge in [0.25, 0.3) is 0 Å². The molecule has 2 heterocycles. The number of rotatable bonds is 2. The second kappa shape index (κ2) is 4.99. The highest BCUT2D eigenvalue weighted by molar-refractivity contribution is 7.99. The molecule has 1 aromatic rings. The molecule has 0 amide bonds. The van der Waals surface area contributed by atoms with Crippen LogP contribution >= 0.6 is 11.8 Å². The molecule has 0 aromatic carbocycles. The summed E-state index contributed by atoms with van der Waals surface area (Å²) in [6, 6.07) is 0. The zero-order valence-corrected chi connectivity index (χ0v) is 10.3. The summed E-state index contributed by atoms with van der Waals surface area (Å²) in [5.41, 5.74) is 4.53. The van der Waals surface area contributed by atoms with Crippen molar-refractivity contribution in [2.75, 3.05) is 23.5 Å². The number of nitrogens with one attached hydrogen (secondary N) is 1. The van der Waals surface area contributed by atoms with Crippen LogP contribution in [0.1, 0.15) is 23.2 Å². The molecular weight excluding hydrogens is 224 g/mol. The summed E-state index contributed by atoms with van der Waals surface area (Å²) in [6.45, 7) is 4.67. The van der Waals surface area contributed by atoms with Gasteiger partial charge in [0, 0.05) is 22.8 Å². The molecule has 88 valence electrons. The van der Waals surface area contributed by atoms with Crippen LogP contribution in [0.15, 0.2) is 0 Å². The topological polar surface area (TPSA) is 73.1 Å². The number of thioether (sulfide) groups is 1. The molecule has 0 aliphatic carbocycles. The number of aryl methyl sites for hydroxylation is 1. The van der Waals surface area contributed by atoms with E-state index in [1.54, 1.807) is 0 Å². The maximum atomic E-state index is 5.64. The Hall–Kier alpha value is -0.850. The van der Waals surface area contributed by atoms with Gasteiger partial charge in [-0.3, -0.25) is 0 Å². The van der Waals surface area contributed by atoms with Gasteiger partial charge in [-0.15, -0.1) is 0 Å². The van der Waals surface area contributed by atoms with Crippen molar-refractivity contribution in [3.63, 3.8) is 0 Å². The van der Waals surface area contributed by atoms with Crippen LogP contribution in [-0.2, 0) is 4.74 Å². The van der Waals surface area contributed by atoms with Crippen LogP contribution in [0, 0.1) is 13.8 Å². The summed E-state index contributed by atoms with van der Waals surface area (Å²) in [6.07, 6.45) is -0.00912. The number of hydrazine groups is 1. The van der Waals surface area contributed by atoms with E-state index in [4.69, 9.17) is 10.6 Å². The van der Waals surface area contributed by atoms with Crippen LogP contribution in [0.3, 0.4) is 0 Å². The van der Waals surface area contributed by atoms with Crippen LogP contribution in [0.4, 0.5) is 5.82 Å². The van der Waals surface area contributed by atoms with E-state index >= 15 is 0 Å². The number of nitrogen functional groups attached to an aromatic ring is 1. The number of aromatic nitrogens is 2. The predicted octanol–water partition coefficient (Wildman–Crippen LogP) is 1.18. The van der Waals surface area contributed by atoms with Crippen molar-refractivity contribution in [3.05, 3.63) is 17.1 Å². The smallest absolute Gasteiger partial charge is 0.160 e. The Bertz CT molecular complexity index is 379. The Labute approximate surface area is 99.2 Å². The lowest BCUT2D eigenvalue weighted by atomic mass is 10.2. The van der Waals surface area contributed by atoms with E-state index in [1.165, 1.54) is 0 Å². The van der Waals surface area contributed by atoms with Crippen LogP contribution < -0.4 is 11.3 Å². The van der Waals surface area contributed by atoms with Crippen molar-refractivity contribution in [1.29, 1.82) is 0 Å². The Morgan fingerprint density at radius 2 is 2.25 bits per heavy atom. The third kappa shape index (κ3) is 2.28. The van der Waals surface area contributed by atoms with E-state index in [-0.39, 0.29) is 6.10 Å². The molecule has 1 aliphatic rings. The lowest BCUT2D eigenvalue weighted by Crippen LogP contribution is -2.20. The van der Waals surface area contributed by atoms with Crippen molar-refractivity contribution >= 4 is 17.6 Å². The Balaban J connectivity index is 2.29.